The summed E-state index contributed by atoms with van der Waals surface area (Å²) in [5.41, 5.74) is 0.355. The van der Waals surface area contributed by atoms with Crippen molar-refractivity contribution in [2.75, 3.05) is 13.7 Å². The van der Waals surface area contributed by atoms with E-state index in [0.717, 1.165) is 6.07 Å². The highest BCUT2D eigenvalue weighted by Crippen LogP contribution is 2.16. The lowest BCUT2D eigenvalue weighted by atomic mass is 10.1. The van der Waals surface area contributed by atoms with Crippen LogP contribution in [0.15, 0.2) is 18.2 Å². The van der Waals surface area contributed by atoms with Crippen molar-refractivity contribution in [3.63, 3.8) is 0 Å². The highest BCUT2D eigenvalue weighted by molar-refractivity contribution is 6.30. The third kappa shape index (κ3) is 3.61. The molecule has 0 radical (unpaired) electrons. The number of benzene rings is 1. The standard InChI is InChI=1S/C11H12ClFO2/c1-15-6-2-3-11(14)8-4-5-9(12)10(13)7-8/h4-5,7H,2-3,6H2,1H3. The summed E-state index contributed by atoms with van der Waals surface area (Å²) < 4.78 is 17.8. The van der Waals surface area contributed by atoms with E-state index >= 15 is 0 Å². The Kier molecular flexibility index (Phi) is 4.72. The first-order chi connectivity index (χ1) is 7.15. The molecule has 0 aliphatic rings. The predicted molar refractivity (Wildman–Crippen MR) is 56.9 cm³/mol. The van der Waals surface area contributed by atoms with Gasteiger partial charge in [0.1, 0.15) is 5.82 Å². The lowest BCUT2D eigenvalue weighted by molar-refractivity contribution is 0.0963. The van der Waals surface area contributed by atoms with Gasteiger partial charge in [-0.1, -0.05) is 11.6 Å². The highest BCUT2D eigenvalue weighted by Gasteiger charge is 2.08. The lowest BCUT2D eigenvalue weighted by Gasteiger charge is -2.01. The summed E-state index contributed by atoms with van der Waals surface area (Å²) in [6.45, 7) is 0.530. The molecule has 0 aliphatic heterocycles. The van der Waals surface area contributed by atoms with E-state index in [2.05, 4.69) is 0 Å². The number of halogens is 2. The summed E-state index contributed by atoms with van der Waals surface area (Å²) in [5, 5.41) is 0.0310. The minimum Gasteiger partial charge on any atom is -0.385 e. The van der Waals surface area contributed by atoms with Gasteiger partial charge in [0.15, 0.2) is 5.78 Å². The van der Waals surface area contributed by atoms with Gasteiger partial charge in [-0.3, -0.25) is 4.79 Å². The minimum absolute atomic E-state index is 0.0310. The number of ether oxygens (including phenoxy) is 1. The van der Waals surface area contributed by atoms with Crippen molar-refractivity contribution in [1.29, 1.82) is 0 Å². The van der Waals surface area contributed by atoms with Crippen LogP contribution in [0, 0.1) is 5.82 Å². The number of carbonyl (C=O) groups is 1. The molecule has 1 aromatic carbocycles. The molecule has 1 aromatic rings. The maximum absolute atomic E-state index is 13.0. The Morgan fingerprint density at radius 1 is 1.53 bits per heavy atom. The van der Waals surface area contributed by atoms with Crippen molar-refractivity contribution < 1.29 is 13.9 Å². The van der Waals surface area contributed by atoms with Crippen molar-refractivity contribution in [3.8, 4) is 0 Å². The molecule has 4 heteroatoms. The Morgan fingerprint density at radius 2 is 2.27 bits per heavy atom. The van der Waals surface area contributed by atoms with Crippen LogP contribution in [0.5, 0.6) is 0 Å². The number of rotatable bonds is 5. The summed E-state index contributed by atoms with van der Waals surface area (Å²) >= 11 is 5.51. The molecule has 15 heavy (non-hydrogen) atoms. The van der Waals surface area contributed by atoms with E-state index in [1.807, 2.05) is 0 Å². The minimum atomic E-state index is -0.561. The van der Waals surface area contributed by atoms with Gasteiger partial charge >= 0.3 is 0 Å². The molecule has 0 atom stereocenters. The molecule has 0 spiro atoms. The van der Waals surface area contributed by atoms with Crippen molar-refractivity contribution in [2.24, 2.45) is 0 Å². The smallest absolute Gasteiger partial charge is 0.163 e. The van der Waals surface area contributed by atoms with E-state index < -0.39 is 5.82 Å². The molecule has 0 unspecified atom stereocenters. The highest BCUT2D eigenvalue weighted by atomic mass is 35.5. The Morgan fingerprint density at radius 3 is 2.87 bits per heavy atom. The van der Waals surface area contributed by atoms with E-state index in [1.54, 1.807) is 7.11 Å². The zero-order valence-corrected chi connectivity index (χ0v) is 9.18. The Labute approximate surface area is 93.0 Å². The second kappa shape index (κ2) is 5.83. The first-order valence-electron chi connectivity index (χ1n) is 4.62. The first-order valence-corrected chi connectivity index (χ1v) is 5.00. The SMILES string of the molecule is COCCCC(=O)c1ccc(Cl)c(F)c1. The molecular weight excluding hydrogens is 219 g/mol. The summed E-state index contributed by atoms with van der Waals surface area (Å²) in [5.74, 6) is -0.656. The number of carbonyl (C=O) groups excluding carboxylic acids is 1. The summed E-state index contributed by atoms with van der Waals surface area (Å²) in [7, 11) is 1.58. The predicted octanol–water partition coefficient (Wildman–Crippen LogP) is 3.09. The second-order valence-electron chi connectivity index (χ2n) is 3.15. The molecule has 0 aromatic heterocycles. The Hall–Kier alpha value is -0.930. The van der Waals surface area contributed by atoms with Gasteiger partial charge < -0.3 is 4.74 Å². The van der Waals surface area contributed by atoms with Crippen LogP contribution < -0.4 is 0 Å². The molecule has 1 rings (SSSR count). The number of hydrogen-bond acceptors (Lipinski definition) is 2. The second-order valence-corrected chi connectivity index (χ2v) is 3.56. The largest absolute Gasteiger partial charge is 0.385 e. The number of hydrogen-bond donors (Lipinski definition) is 0. The summed E-state index contributed by atoms with van der Waals surface area (Å²) in [4.78, 5) is 11.5. The van der Waals surface area contributed by atoms with Crippen LogP contribution >= 0.6 is 11.6 Å². The summed E-state index contributed by atoms with van der Waals surface area (Å²) in [6, 6.07) is 4.08. The maximum atomic E-state index is 13.0. The molecule has 0 heterocycles. The number of Topliss-reactive ketones (excluding diaryl/α,β-unsaturated/α-hetero) is 1. The van der Waals surface area contributed by atoms with Gasteiger partial charge in [-0.2, -0.15) is 0 Å². The number of ketones is 1. The van der Waals surface area contributed by atoms with Crippen molar-refractivity contribution in [2.45, 2.75) is 12.8 Å². The van der Waals surface area contributed by atoms with Gasteiger partial charge in [0, 0.05) is 25.7 Å². The normalized spacial score (nSPS) is 10.3. The van der Waals surface area contributed by atoms with Gasteiger partial charge in [0.05, 0.1) is 5.02 Å². The van der Waals surface area contributed by atoms with Gasteiger partial charge in [-0.25, -0.2) is 4.39 Å². The van der Waals surface area contributed by atoms with Crippen LogP contribution in [0.3, 0.4) is 0 Å². The molecular formula is C11H12ClFO2. The van der Waals surface area contributed by atoms with Crippen LogP contribution in [-0.4, -0.2) is 19.5 Å². The molecule has 0 fully saturated rings. The van der Waals surface area contributed by atoms with Gasteiger partial charge in [-0.05, 0) is 24.6 Å². The fourth-order valence-electron chi connectivity index (χ4n) is 1.19. The molecule has 0 aliphatic carbocycles. The van der Waals surface area contributed by atoms with E-state index in [0.29, 0.717) is 25.0 Å². The van der Waals surface area contributed by atoms with Crippen molar-refractivity contribution >= 4 is 17.4 Å². The van der Waals surface area contributed by atoms with Gasteiger partial charge in [0.2, 0.25) is 0 Å². The molecule has 0 amide bonds. The average Bonchev–Trinajstić information content (AvgIpc) is 2.22. The van der Waals surface area contributed by atoms with Gasteiger partial charge in [-0.15, -0.1) is 0 Å². The zero-order valence-electron chi connectivity index (χ0n) is 8.43. The van der Waals surface area contributed by atoms with Crippen LogP contribution in [0.25, 0.3) is 0 Å². The zero-order chi connectivity index (χ0) is 11.3. The van der Waals surface area contributed by atoms with Crippen LogP contribution in [-0.2, 0) is 4.74 Å². The first kappa shape index (κ1) is 12.1. The maximum Gasteiger partial charge on any atom is 0.163 e. The fourth-order valence-corrected chi connectivity index (χ4v) is 1.31. The number of methoxy groups -OCH3 is 1. The summed E-state index contributed by atoms with van der Waals surface area (Å²) in [6.07, 6.45) is 0.995. The Bertz CT molecular complexity index is 352. The third-order valence-electron chi connectivity index (χ3n) is 1.99. The van der Waals surface area contributed by atoms with Gasteiger partial charge in [0.25, 0.3) is 0 Å². The molecule has 2 nitrogen and oxygen atoms in total. The monoisotopic (exact) mass is 230 g/mol. The molecule has 0 saturated carbocycles. The topological polar surface area (TPSA) is 26.3 Å². The average molecular weight is 231 g/mol. The van der Waals surface area contributed by atoms with Crippen molar-refractivity contribution in [3.05, 3.63) is 34.6 Å². The van der Waals surface area contributed by atoms with Crippen molar-refractivity contribution in [1.82, 2.24) is 0 Å². The van der Waals surface area contributed by atoms with Crippen LogP contribution in [0.4, 0.5) is 4.39 Å². The van der Waals surface area contributed by atoms with E-state index in [4.69, 9.17) is 16.3 Å². The Balaban J connectivity index is 2.62. The van der Waals surface area contributed by atoms with E-state index in [-0.39, 0.29) is 10.8 Å². The van der Waals surface area contributed by atoms with Crippen LogP contribution in [0.2, 0.25) is 5.02 Å². The molecule has 0 bridgehead atoms. The van der Waals surface area contributed by atoms with E-state index in [9.17, 15) is 9.18 Å². The molecule has 0 saturated heterocycles. The van der Waals surface area contributed by atoms with Crippen LogP contribution in [0.1, 0.15) is 23.2 Å². The fraction of sp³-hybridized carbons (Fsp3) is 0.364. The molecule has 82 valence electrons. The van der Waals surface area contributed by atoms with E-state index in [1.165, 1.54) is 12.1 Å². The lowest BCUT2D eigenvalue weighted by Crippen LogP contribution is -2.01. The third-order valence-corrected chi connectivity index (χ3v) is 2.30. The quantitative estimate of drug-likeness (QED) is 0.574. The molecule has 0 N–H and O–H groups in total.